The Morgan fingerprint density at radius 2 is 2.07 bits per heavy atom. The summed E-state index contributed by atoms with van der Waals surface area (Å²) >= 11 is 3.27. The first-order valence-corrected chi connectivity index (χ1v) is 5.21. The molecule has 1 rings (SSSR count). The summed E-state index contributed by atoms with van der Waals surface area (Å²) in [6, 6.07) is 6.70. The molecule has 0 aliphatic carbocycles. The van der Waals surface area contributed by atoms with E-state index in [4.69, 9.17) is 0 Å². The van der Waals surface area contributed by atoms with Crippen molar-refractivity contribution < 1.29 is 4.39 Å². The van der Waals surface area contributed by atoms with Gasteiger partial charge in [0.1, 0.15) is 5.82 Å². The van der Waals surface area contributed by atoms with Crippen molar-refractivity contribution in [2.45, 2.75) is 13.0 Å². The smallest absolute Gasteiger partial charge is 0.123 e. The molecule has 1 aromatic carbocycles. The number of hydrogen-bond donors (Lipinski definition) is 1. The van der Waals surface area contributed by atoms with E-state index in [-0.39, 0.29) is 11.9 Å². The van der Waals surface area contributed by atoms with Gasteiger partial charge in [-0.25, -0.2) is 4.39 Å². The molecular formula is C11H13BrFN. The van der Waals surface area contributed by atoms with Gasteiger partial charge in [-0.05, 0) is 24.6 Å². The van der Waals surface area contributed by atoms with E-state index in [9.17, 15) is 4.39 Å². The molecule has 0 fully saturated rings. The normalized spacial score (nSPS) is 12.5. The third kappa shape index (κ3) is 3.60. The Balaban J connectivity index is 2.56. The quantitative estimate of drug-likeness (QED) is 0.872. The van der Waals surface area contributed by atoms with Crippen LogP contribution < -0.4 is 5.32 Å². The van der Waals surface area contributed by atoms with Crippen molar-refractivity contribution >= 4 is 15.9 Å². The second-order valence-corrected chi connectivity index (χ2v) is 4.29. The first-order valence-electron chi connectivity index (χ1n) is 4.41. The van der Waals surface area contributed by atoms with Gasteiger partial charge in [-0.2, -0.15) is 0 Å². The highest BCUT2D eigenvalue weighted by molar-refractivity contribution is 9.11. The number of rotatable bonds is 4. The van der Waals surface area contributed by atoms with E-state index in [1.807, 2.05) is 6.92 Å². The Bertz CT molecular complexity index is 308. The largest absolute Gasteiger partial charge is 0.306 e. The van der Waals surface area contributed by atoms with Crippen LogP contribution in [-0.4, -0.2) is 6.54 Å². The molecule has 0 aromatic heterocycles. The fourth-order valence-corrected chi connectivity index (χ4v) is 1.30. The van der Waals surface area contributed by atoms with Crippen molar-refractivity contribution in [3.05, 3.63) is 46.7 Å². The topological polar surface area (TPSA) is 12.0 Å². The van der Waals surface area contributed by atoms with Crippen molar-refractivity contribution in [2.75, 3.05) is 6.54 Å². The van der Waals surface area contributed by atoms with Crippen molar-refractivity contribution in [2.24, 2.45) is 0 Å². The summed E-state index contributed by atoms with van der Waals surface area (Å²) in [7, 11) is 0. The minimum Gasteiger partial charge on any atom is -0.306 e. The molecule has 1 unspecified atom stereocenters. The monoisotopic (exact) mass is 257 g/mol. The minimum atomic E-state index is -0.203. The summed E-state index contributed by atoms with van der Waals surface area (Å²) in [6.07, 6.45) is 0. The lowest BCUT2D eigenvalue weighted by Crippen LogP contribution is -2.19. The van der Waals surface area contributed by atoms with Crippen molar-refractivity contribution in [3.63, 3.8) is 0 Å². The molecule has 0 amide bonds. The molecule has 1 nitrogen and oxygen atoms in total. The zero-order chi connectivity index (χ0) is 10.6. The average molecular weight is 258 g/mol. The molecule has 1 atom stereocenters. The van der Waals surface area contributed by atoms with Crippen molar-refractivity contribution in [3.8, 4) is 0 Å². The summed E-state index contributed by atoms with van der Waals surface area (Å²) in [5.74, 6) is -0.203. The molecule has 3 heteroatoms. The second-order valence-electron chi connectivity index (χ2n) is 3.17. The fourth-order valence-electron chi connectivity index (χ4n) is 1.13. The maximum Gasteiger partial charge on any atom is 0.123 e. The molecule has 0 aliphatic rings. The van der Waals surface area contributed by atoms with Gasteiger partial charge < -0.3 is 5.32 Å². The zero-order valence-corrected chi connectivity index (χ0v) is 9.64. The molecule has 0 aliphatic heterocycles. The lowest BCUT2D eigenvalue weighted by atomic mass is 10.1. The number of nitrogens with one attached hydrogen (secondary N) is 1. The van der Waals surface area contributed by atoms with Crippen molar-refractivity contribution in [1.82, 2.24) is 5.32 Å². The van der Waals surface area contributed by atoms with Crippen LogP contribution in [0.1, 0.15) is 18.5 Å². The Labute approximate surface area is 92.1 Å². The van der Waals surface area contributed by atoms with E-state index in [0.29, 0.717) is 6.54 Å². The Morgan fingerprint density at radius 1 is 1.50 bits per heavy atom. The molecule has 76 valence electrons. The molecule has 0 heterocycles. The van der Waals surface area contributed by atoms with Crippen LogP contribution in [0, 0.1) is 5.82 Å². The number of benzene rings is 1. The maximum absolute atomic E-state index is 12.6. The van der Waals surface area contributed by atoms with Gasteiger partial charge in [0.05, 0.1) is 0 Å². The van der Waals surface area contributed by atoms with Gasteiger partial charge in [-0.15, -0.1) is 0 Å². The fraction of sp³-hybridized carbons (Fsp3) is 0.273. The summed E-state index contributed by atoms with van der Waals surface area (Å²) in [4.78, 5) is 0. The summed E-state index contributed by atoms with van der Waals surface area (Å²) < 4.78 is 13.5. The lowest BCUT2D eigenvalue weighted by molar-refractivity contribution is 0.604. The molecular weight excluding hydrogens is 245 g/mol. The lowest BCUT2D eigenvalue weighted by Gasteiger charge is -2.13. The third-order valence-corrected chi connectivity index (χ3v) is 2.25. The highest BCUT2D eigenvalue weighted by atomic mass is 79.9. The molecule has 1 N–H and O–H groups in total. The van der Waals surface area contributed by atoms with Crippen LogP contribution in [0.3, 0.4) is 0 Å². The van der Waals surface area contributed by atoms with Gasteiger partial charge in [0.2, 0.25) is 0 Å². The number of hydrogen-bond acceptors (Lipinski definition) is 1. The van der Waals surface area contributed by atoms with Gasteiger partial charge in [0.15, 0.2) is 0 Å². The van der Waals surface area contributed by atoms with Crippen LogP contribution in [0.2, 0.25) is 0 Å². The predicted molar refractivity (Wildman–Crippen MR) is 60.9 cm³/mol. The van der Waals surface area contributed by atoms with E-state index in [1.54, 1.807) is 12.1 Å². The highest BCUT2D eigenvalue weighted by Gasteiger charge is 2.03. The minimum absolute atomic E-state index is 0.199. The molecule has 0 radical (unpaired) electrons. The van der Waals surface area contributed by atoms with Gasteiger partial charge in [-0.1, -0.05) is 34.6 Å². The molecule has 0 saturated carbocycles. The van der Waals surface area contributed by atoms with E-state index in [2.05, 4.69) is 27.8 Å². The second kappa shape index (κ2) is 5.27. The van der Waals surface area contributed by atoms with Crippen LogP contribution in [-0.2, 0) is 0 Å². The van der Waals surface area contributed by atoms with Gasteiger partial charge in [0.25, 0.3) is 0 Å². The van der Waals surface area contributed by atoms with E-state index in [0.717, 1.165) is 10.0 Å². The van der Waals surface area contributed by atoms with Crippen LogP contribution in [0.4, 0.5) is 4.39 Å². The standard InChI is InChI=1S/C11H13BrFN/c1-8(12)7-14-9(2)10-3-5-11(13)6-4-10/h3-6,9,14H,1,7H2,2H3. The SMILES string of the molecule is C=C(Br)CNC(C)c1ccc(F)cc1. The van der Waals surface area contributed by atoms with E-state index >= 15 is 0 Å². The molecule has 14 heavy (non-hydrogen) atoms. The van der Waals surface area contributed by atoms with E-state index < -0.39 is 0 Å². The molecule has 0 spiro atoms. The average Bonchev–Trinajstić information content (AvgIpc) is 2.15. The van der Waals surface area contributed by atoms with Crippen LogP contribution >= 0.6 is 15.9 Å². The van der Waals surface area contributed by atoms with Gasteiger partial charge >= 0.3 is 0 Å². The predicted octanol–water partition coefficient (Wildman–Crippen LogP) is 3.38. The van der Waals surface area contributed by atoms with E-state index in [1.165, 1.54) is 12.1 Å². The zero-order valence-electron chi connectivity index (χ0n) is 8.06. The Kier molecular flexibility index (Phi) is 4.29. The van der Waals surface area contributed by atoms with Crippen LogP contribution in [0.5, 0.6) is 0 Å². The Hall–Kier alpha value is -0.670. The highest BCUT2D eigenvalue weighted by Crippen LogP contribution is 2.13. The van der Waals surface area contributed by atoms with Gasteiger partial charge in [0, 0.05) is 17.1 Å². The van der Waals surface area contributed by atoms with Crippen LogP contribution in [0.15, 0.2) is 35.3 Å². The summed E-state index contributed by atoms with van der Waals surface area (Å²) in [5.41, 5.74) is 1.07. The first-order chi connectivity index (χ1) is 6.59. The van der Waals surface area contributed by atoms with Crippen LogP contribution in [0.25, 0.3) is 0 Å². The Morgan fingerprint density at radius 3 is 2.57 bits per heavy atom. The number of halogens is 2. The summed E-state index contributed by atoms with van der Waals surface area (Å²) in [5, 5.41) is 3.25. The summed E-state index contributed by atoms with van der Waals surface area (Å²) in [6.45, 7) is 6.47. The van der Waals surface area contributed by atoms with Crippen molar-refractivity contribution in [1.29, 1.82) is 0 Å². The third-order valence-electron chi connectivity index (χ3n) is 1.97. The maximum atomic E-state index is 12.6. The molecule has 0 saturated heterocycles. The molecule has 1 aromatic rings. The molecule has 0 bridgehead atoms. The first kappa shape index (κ1) is 11.4. The van der Waals surface area contributed by atoms with Gasteiger partial charge in [-0.3, -0.25) is 0 Å².